The molecule has 0 heterocycles. The van der Waals surface area contributed by atoms with Crippen LogP contribution in [0.1, 0.15) is 72.0 Å². The Labute approximate surface area is 209 Å². The fraction of sp³-hybridized carbons (Fsp3) is 0.652. The minimum Gasteiger partial charge on any atom is -0.462 e. The van der Waals surface area contributed by atoms with E-state index in [0.717, 1.165) is 25.7 Å². The summed E-state index contributed by atoms with van der Waals surface area (Å²) in [6.45, 7) is -0.150. The molecule has 3 rings (SSSR count). The number of halogens is 1. The lowest BCUT2D eigenvalue weighted by atomic mass is 9.65. The summed E-state index contributed by atoms with van der Waals surface area (Å²) in [5.41, 5.74) is -2.21. The molecule has 6 radical (unpaired) electrons. The summed E-state index contributed by atoms with van der Waals surface area (Å²) >= 11 is 0. The zero-order valence-electron chi connectivity index (χ0n) is 19.6. The fourth-order valence-electron chi connectivity index (χ4n) is 5.56. The molecular weight excluding hydrogens is 472 g/mol. The summed E-state index contributed by atoms with van der Waals surface area (Å²) in [7, 11) is 12.1. The Balaban J connectivity index is 1.77. The van der Waals surface area contributed by atoms with Gasteiger partial charge in [0.25, 0.3) is 0 Å². The molecule has 1 N–H and O–H groups in total. The van der Waals surface area contributed by atoms with Crippen LogP contribution in [0, 0.1) is 11.8 Å². The molecule has 2 aliphatic rings. The molecule has 0 spiro atoms. The third-order valence-electron chi connectivity index (χ3n) is 7.05. The predicted octanol–water partition coefficient (Wildman–Crippen LogP) is 2.30. The predicted molar refractivity (Wildman–Crippen MR) is 130 cm³/mol. The number of benzene rings is 1. The molecule has 184 valence electrons. The van der Waals surface area contributed by atoms with E-state index in [1.807, 2.05) is 0 Å². The average Bonchev–Trinajstić information content (AvgIpc) is 2.81. The lowest BCUT2D eigenvalue weighted by molar-refractivity contribution is -0.174. The Morgan fingerprint density at radius 1 is 1.11 bits per heavy atom. The maximum atomic E-state index is 14.0. The van der Waals surface area contributed by atoms with Crippen LogP contribution in [0.25, 0.3) is 0 Å². The van der Waals surface area contributed by atoms with Crippen LogP contribution in [0.5, 0.6) is 0 Å². The first-order chi connectivity index (χ1) is 16.5. The van der Waals surface area contributed by atoms with Crippen LogP contribution in [0.15, 0.2) is 12.1 Å². The molecule has 3 atom stereocenters. The second kappa shape index (κ2) is 11.5. The summed E-state index contributed by atoms with van der Waals surface area (Å²) < 4.78 is 56.1. The van der Waals surface area contributed by atoms with E-state index in [0.29, 0.717) is 29.5 Å². The molecule has 1 aromatic rings. The molecule has 3 unspecified atom stereocenters. The van der Waals surface area contributed by atoms with E-state index in [-0.39, 0.29) is 49.4 Å². The molecule has 0 aliphatic heterocycles. The van der Waals surface area contributed by atoms with E-state index in [4.69, 9.17) is 37.6 Å². The molecule has 12 heteroatoms. The molecule has 7 nitrogen and oxygen atoms in total. The lowest BCUT2D eigenvalue weighted by Gasteiger charge is -2.46. The summed E-state index contributed by atoms with van der Waals surface area (Å²) in [5, 5.41) is 0. The third-order valence-corrected chi connectivity index (χ3v) is 7.76. The van der Waals surface area contributed by atoms with Crippen molar-refractivity contribution in [2.75, 3.05) is 6.61 Å². The number of rotatable bonds is 10. The average molecular weight is 500 g/mol. The molecule has 2 aliphatic carbocycles. The molecule has 35 heavy (non-hydrogen) atoms. The minimum absolute atomic E-state index is 0.0635. The molecule has 0 amide bonds. The number of carbonyl (C=O) groups is 2. The van der Waals surface area contributed by atoms with Crippen LogP contribution in [0.4, 0.5) is 4.39 Å². The number of ether oxygens (including phenoxy) is 2. The minimum atomic E-state index is -5.25. The van der Waals surface area contributed by atoms with Gasteiger partial charge in [-0.15, -0.1) is 0 Å². The van der Waals surface area contributed by atoms with E-state index in [1.54, 1.807) is 12.1 Å². The number of hydrogen-bond acceptors (Lipinski definition) is 6. The SMILES string of the molecule is [B]Cc1cc(C[B])c(C[B])c(C(=O)OCCC2(OC(=O)C(F)S(=O)(=O)O)CC3CCCC(C3)C2)c1. The highest BCUT2D eigenvalue weighted by Gasteiger charge is 2.47. The molecule has 2 bridgehead atoms. The smallest absolute Gasteiger partial charge is 0.359 e. The van der Waals surface area contributed by atoms with Gasteiger partial charge in [0.15, 0.2) is 0 Å². The monoisotopic (exact) mass is 500 g/mol. The van der Waals surface area contributed by atoms with Gasteiger partial charge in [0.1, 0.15) is 5.60 Å². The Morgan fingerprint density at radius 2 is 1.77 bits per heavy atom. The topological polar surface area (TPSA) is 107 Å². The van der Waals surface area contributed by atoms with Crippen LogP contribution >= 0.6 is 0 Å². The Bertz CT molecular complexity index is 1040. The van der Waals surface area contributed by atoms with Gasteiger partial charge in [0.05, 0.1) is 35.7 Å². The number of fused-ring (bicyclic) bond motifs is 2. The summed E-state index contributed by atoms with van der Waals surface area (Å²) in [6.07, 6.45) is 5.12. The maximum absolute atomic E-state index is 14.0. The zero-order chi connectivity index (χ0) is 25.8. The van der Waals surface area contributed by atoms with Crippen molar-refractivity contribution >= 4 is 45.6 Å². The van der Waals surface area contributed by atoms with Crippen molar-refractivity contribution in [3.8, 4) is 0 Å². The van der Waals surface area contributed by atoms with Gasteiger partial charge in [0.2, 0.25) is 0 Å². The molecule has 1 aromatic carbocycles. The van der Waals surface area contributed by atoms with Crippen LogP contribution in [0.2, 0.25) is 0 Å². The molecule has 2 saturated carbocycles. The van der Waals surface area contributed by atoms with Crippen molar-refractivity contribution in [2.24, 2.45) is 11.8 Å². The highest BCUT2D eigenvalue weighted by atomic mass is 32.2. The quantitative estimate of drug-likeness (QED) is 0.299. The van der Waals surface area contributed by atoms with Gasteiger partial charge in [-0.1, -0.05) is 55.4 Å². The van der Waals surface area contributed by atoms with Gasteiger partial charge in [0, 0.05) is 6.42 Å². The van der Waals surface area contributed by atoms with Crippen LogP contribution in [-0.2, 0) is 43.3 Å². The number of esters is 2. The van der Waals surface area contributed by atoms with Crippen LogP contribution in [0.3, 0.4) is 0 Å². The van der Waals surface area contributed by atoms with E-state index < -0.39 is 33.2 Å². The zero-order valence-corrected chi connectivity index (χ0v) is 20.4. The van der Waals surface area contributed by atoms with E-state index >= 15 is 0 Å². The highest BCUT2D eigenvalue weighted by Crippen LogP contribution is 2.47. The number of hydrogen-bond donors (Lipinski definition) is 1. The van der Waals surface area contributed by atoms with Gasteiger partial charge in [-0.3, -0.25) is 4.55 Å². The molecule has 0 saturated heterocycles. The van der Waals surface area contributed by atoms with Crippen molar-refractivity contribution in [3.63, 3.8) is 0 Å². The second-order valence-electron chi connectivity index (χ2n) is 9.52. The Hall–Kier alpha value is -1.81. The highest BCUT2D eigenvalue weighted by molar-refractivity contribution is 7.87. The van der Waals surface area contributed by atoms with E-state index in [2.05, 4.69) is 0 Å². The van der Waals surface area contributed by atoms with Crippen molar-refractivity contribution < 1.29 is 36.4 Å². The van der Waals surface area contributed by atoms with Crippen molar-refractivity contribution in [1.82, 2.24) is 0 Å². The van der Waals surface area contributed by atoms with Crippen molar-refractivity contribution in [3.05, 3.63) is 34.4 Å². The number of alkyl halides is 1. The fourth-order valence-corrected chi connectivity index (χ4v) is 5.85. The number of carbonyl (C=O) groups excluding carboxylic acids is 2. The van der Waals surface area contributed by atoms with Crippen LogP contribution in [-0.4, -0.2) is 66.2 Å². The first-order valence-corrected chi connectivity index (χ1v) is 13.3. The lowest BCUT2D eigenvalue weighted by Crippen LogP contribution is -2.47. The molecular formula is C23H28B3FO7S. The molecule has 2 fully saturated rings. The first-order valence-electron chi connectivity index (χ1n) is 11.8. The Kier molecular flexibility index (Phi) is 9.13. The van der Waals surface area contributed by atoms with Crippen molar-refractivity contribution in [2.45, 2.75) is 75.0 Å². The largest absolute Gasteiger partial charge is 0.462 e. The van der Waals surface area contributed by atoms with Gasteiger partial charge < -0.3 is 9.47 Å². The summed E-state index contributed by atoms with van der Waals surface area (Å²) in [4.78, 5) is 25.2. The Morgan fingerprint density at radius 3 is 2.31 bits per heavy atom. The van der Waals surface area contributed by atoms with Crippen LogP contribution < -0.4 is 0 Å². The van der Waals surface area contributed by atoms with Crippen molar-refractivity contribution in [1.29, 1.82) is 0 Å². The van der Waals surface area contributed by atoms with Gasteiger partial charge in [-0.2, -0.15) is 8.42 Å². The molecule has 0 aromatic heterocycles. The third kappa shape index (κ3) is 6.70. The van der Waals surface area contributed by atoms with E-state index in [1.165, 1.54) is 0 Å². The van der Waals surface area contributed by atoms with Gasteiger partial charge in [-0.05, 0) is 42.7 Å². The van der Waals surface area contributed by atoms with Gasteiger partial charge in [-0.25, -0.2) is 14.0 Å². The normalized spacial score (nSPS) is 25.0. The second-order valence-corrected chi connectivity index (χ2v) is 11.0. The maximum Gasteiger partial charge on any atom is 0.359 e. The van der Waals surface area contributed by atoms with E-state index in [9.17, 15) is 22.4 Å². The standard InChI is InChI=1S/C23H28B3FO7S/c24-11-16-7-17(12-25)19(13-26)18(8-16)21(28)33-5-4-23(34-22(29)20(27)35(30,31)32)9-14-2-1-3-15(6-14)10-23/h7-8,14-15,20H,1-6,9-13H2,(H,30,31,32). The first kappa shape index (κ1) is 27.8. The summed E-state index contributed by atoms with van der Waals surface area (Å²) in [6, 6.07) is 3.39. The summed E-state index contributed by atoms with van der Waals surface area (Å²) in [5.74, 6) is -1.85. The van der Waals surface area contributed by atoms with Gasteiger partial charge >= 0.3 is 27.6 Å².